The van der Waals surface area contributed by atoms with Gasteiger partial charge in [0.25, 0.3) is 11.8 Å². The number of nitrogens with one attached hydrogen (secondary N) is 1. The molecule has 0 radical (unpaired) electrons. The van der Waals surface area contributed by atoms with Gasteiger partial charge in [0.1, 0.15) is 5.00 Å². The Bertz CT molecular complexity index is 1370. The number of ether oxygens (including phenoxy) is 1. The number of anilines is 1. The lowest BCUT2D eigenvalue weighted by Crippen LogP contribution is -2.48. The highest BCUT2D eigenvalue weighted by atomic mass is 32.2. The molecule has 2 unspecified atom stereocenters. The van der Waals surface area contributed by atoms with Crippen molar-refractivity contribution in [1.82, 2.24) is 14.1 Å². The third kappa shape index (κ3) is 6.82. The van der Waals surface area contributed by atoms with Crippen molar-refractivity contribution in [1.29, 1.82) is 0 Å². The minimum atomic E-state index is -3.74. The van der Waals surface area contributed by atoms with Crippen LogP contribution in [0, 0.1) is 0 Å². The molecule has 1 N–H and O–H groups in total. The number of sulfonamides is 1. The highest BCUT2D eigenvalue weighted by Crippen LogP contribution is 2.38. The van der Waals surface area contributed by atoms with E-state index in [1.165, 1.54) is 46.8 Å². The normalized spacial score (nSPS) is 19.5. The van der Waals surface area contributed by atoms with Crippen LogP contribution in [0.4, 0.5) is 5.00 Å². The topological polar surface area (TPSA) is 116 Å². The summed E-state index contributed by atoms with van der Waals surface area (Å²) in [5.41, 5.74) is 1.67. The zero-order chi connectivity index (χ0) is 29.9. The molecule has 3 amide bonds. The van der Waals surface area contributed by atoms with E-state index in [0.717, 1.165) is 23.3 Å². The zero-order valence-electron chi connectivity index (χ0n) is 24.4. The van der Waals surface area contributed by atoms with Crippen LogP contribution in [0.15, 0.2) is 29.2 Å². The van der Waals surface area contributed by atoms with E-state index in [1.807, 2.05) is 32.6 Å². The van der Waals surface area contributed by atoms with E-state index in [4.69, 9.17) is 4.74 Å². The van der Waals surface area contributed by atoms with Crippen LogP contribution in [-0.2, 0) is 32.5 Å². The van der Waals surface area contributed by atoms with E-state index in [0.29, 0.717) is 43.2 Å². The maximum atomic E-state index is 13.8. The SMILES string of the molecule is CCCN(CCC)C(=O)c1c(NC(=O)c2ccc(S(=O)(=O)N3CC(C)OC(C)C3)cc2)sc2c1CCN(C(C)=O)C2. The predicted octanol–water partition coefficient (Wildman–Crippen LogP) is 3.97. The second kappa shape index (κ2) is 13.0. The van der Waals surface area contributed by atoms with Gasteiger partial charge in [-0.2, -0.15) is 4.31 Å². The van der Waals surface area contributed by atoms with Crippen molar-refractivity contribution >= 4 is 44.1 Å². The molecule has 2 atom stereocenters. The molecule has 3 heterocycles. The molecule has 1 saturated heterocycles. The molecule has 2 aliphatic heterocycles. The molecule has 12 heteroatoms. The lowest BCUT2D eigenvalue weighted by molar-refractivity contribution is -0.129. The van der Waals surface area contributed by atoms with Gasteiger partial charge in [0.05, 0.1) is 29.2 Å². The molecule has 1 aromatic heterocycles. The largest absolute Gasteiger partial charge is 0.373 e. The third-order valence-electron chi connectivity index (χ3n) is 7.36. The molecule has 41 heavy (non-hydrogen) atoms. The van der Waals surface area contributed by atoms with E-state index >= 15 is 0 Å². The standard InChI is InChI=1S/C29H40N4O6S2/c1-6-13-31(14-7-2)29(36)26-24-12-15-32(21(5)34)18-25(24)40-28(26)30-27(35)22-8-10-23(11-9-22)41(37,38)33-16-19(3)39-20(4)17-33/h8-11,19-20H,6-7,12-18H2,1-5H3,(H,30,35). The molecule has 4 rings (SSSR count). The summed E-state index contributed by atoms with van der Waals surface area (Å²) < 4.78 is 33.5. The van der Waals surface area contributed by atoms with Crippen molar-refractivity contribution < 1.29 is 27.5 Å². The zero-order valence-corrected chi connectivity index (χ0v) is 26.1. The van der Waals surface area contributed by atoms with E-state index < -0.39 is 15.9 Å². The first kappa shape index (κ1) is 31.1. The fourth-order valence-corrected chi connectivity index (χ4v) is 8.27. The van der Waals surface area contributed by atoms with E-state index in [-0.39, 0.29) is 47.6 Å². The maximum Gasteiger partial charge on any atom is 0.257 e. The Morgan fingerprint density at radius 3 is 2.22 bits per heavy atom. The Hall–Kier alpha value is -2.80. The van der Waals surface area contributed by atoms with Gasteiger partial charge < -0.3 is 19.9 Å². The number of carbonyl (C=O) groups excluding carboxylic acids is 3. The average molecular weight is 605 g/mol. The highest BCUT2D eigenvalue weighted by molar-refractivity contribution is 7.89. The number of fused-ring (bicyclic) bond motifs is 1. The van der Waals surface area contributed by atoms with Crippen LogP contribution < -0.4 is 5.32 Å². The number of nitrogens with zero attached hydrogens (tertiary/aromatic N) is 3. The minimum absolute atomic E-state index is 0.0304. The predicted molar refractivity (Wildman–Crippen MR) is 159 cm³/mol. The summed E-state index contributed by atoms with van der Waals surface area (Å²) >= 11 is 1.33. The number of hydrogen-bond acceptors (Lipinski definition) is 7. The van der Waals surface area contributed by atoms with Crippen molar-refractivity contribution in [2.75, 3.05) is 38.0 Å². The lowest BCUT2D eigenvalue weighted by Gasteiger charge is -2.34. The monoisotopic (exact) mass is 604 g/mol. The molecule has 0 aliphatic carbocycles. The number of amides is 3. The molecule has 10 nitrogen and oxygen atoms in total. The minimum Gasteiger partial charge on any atom is -0.373 e. The molecule has 2 aliphatic rings. The molecule has 0 spiro atoms. The average Bonchev–Trinajstić information content (AvgIpc) is 3.28. The van der Waals surface area contributed by atoms with Gasteiger partial charge in [-0.15, -0.1) is 11.3 Å². The quantitative estimate of drug-likeness (QED) is 0.463. The van der Waals surface area contributed by atoms with Crippen LogP contribution in [0.1, 0.15) is 78.6 Å². The molecule has 2 aromatic rings. The fraction of sp³-hybridized carbons (Fsp3) is 0.552. The number of morpholine rings is 1. The van der Waals surface area contributed by atoms with Crippen LogP contribution in [0.2, 0.25) is 0 Å². The Morgan fingerprint density at radius 1 is 1.05 bits per heavy atom. The first-order valence-electron chi connectivity index (χ1n) is 14.2. The summed E-state index contributed by atoms with van der Waals surface area (Å²) in [6.07, 6.45) is 1.75. The van der Waals surface area contributed by atoms with Gasteiger partial charge in [-0.05, 0) is 62.9 Å². The van der Waals surface area contributed by atoms with Crippen molar-refractivity contribution in [3.63, 3.8) is 0 Å². The summed E-state index contributed by atoms with van der Waals surface area (Å²) in [6.45, 7) is 11.9. The molecule has 0 bridgehead atoms. The number of carbonyl (C=O) groups is 3. The van der Waals surface area contributed by atoms with Crippen molar-refractivity contribution in [3.8, 4) is 0 Å². The summed E-state index contributed by atoms with van der Waals surface area (Å²) in [4.78, 5) is 43.8. The highest BCUT2D eigenvalue weighted by Gasteiger charge is 2.33. The fourth-order valence-electron chi connectivity index (χ4n) is 5.43. The Labute approximate surface area is 246 Å². The summed E-state index contributed by atoms with van der Waals surface area (Å²) in [7, 11) is -3.74. The van der Waals surface area contributed by atoms with Gasteiger partial charge >= 0.3 is 0 Å². The molecule has 224 valence electrons. The molecule has 1 fully saturated rings. The summed E-state index contributed by atoms with van der Waals surface area (Å²) in [6, 6.07) is 5.86. The van der Waals surface area contributed by atoms with Crippen LogP contribution in [-0.4, -0.2) is 85.2 Å². The van der Waals surface area contributed by atoms with Crippen LogP contribution in [0.5, 0.6) is 0 Å². The Kier molecular flexibility index (Phi) is 9.89. The van der Waals surface area contributed by atoms with Crippen molar-refractivity contribution in [2.24, 2.45) is 0 Å². The molecule has 1 aromatic carbocycles. The van der Waals surface area contributed by atoms with Gasteiger partial charge in [0.2, 0.25) is 15.9 Å². The van der Waals surface area contributed by atoms with E-state index in [2.05, 4.69) is 5.32 Å². The molecular formula is C29H40N4O6S2. The smallest absolute Gasteiger partial charge is 0.257 e. The van der Waals surface area contributed by atoms with Gasteiger partial charge in [-0.1, -0.05) is 13.8 Å². The van der Waals surface area contributed by atoms with E-state index in [9.17, 15) is 22.8 Å². The van der Waals surface area contributed by atoms with Crippen LogP contribution in [0.3, 0.4) is 0 Å². The Morgan fingerprint density at radius 2 is 1.66 bits per heavy atom. The first-order valence-corrected chi connectivity index (χ1v) is 16.5. The summed E-state index contributed by atoms with van der Waals surface area (Å²) in [5, 5.41) is 3.39. The number of thiophene rings is 1. The number of benzene rings is 1. The molecular weight excluding hydrogens is 564 g/mol. The van der Waals surface area contributed by atoms with Crippen LogP contribution >= 0.6 is 11.3 Å². The van der Waals surface area contributed by atoms with Crippen molar-refractivity contribution in [3.05, 3.63) is 45.8 Å². The number of hydrogen-bond donors (Lipinski definition) is 1. The Balaban J connectivity index is 1.60. The van der Waals surface area contributed by atoms with Gasteiger partial charge in [0.15, 0.2) is 0 Å². The van der Waals surface area contributed by atoms with E-state index in [1.54, 1.807) is 4.90 Å². The van der Waals surface area contributed by atoms with Gasteiger partial charge in [-0.3, -0.25) is 14.4 Å². The van der Waals surface area contributed by atoms with Gasteiger partial charge in [-0.25, -0.2) is 8.42 Å². The second-order valence-corrected chi connectivity index (χ2v) is 13.8. The second-order valence-electron chi connectivity index (χ2n) is 10.7. The summed E-state index contributed by atoms with van der Waals surface area (Å²) in [5.74, 6) is -0.582. The van der Waals surface area contributed by atoms with Crippen LogP contribution in [0.25, 0.3) is 0 Å². The third-order valence-corrected chi connectivity index (χ3v) is 10.3. The van der Waals surface area contributed by atoms with Crippen molar-refractivity contribution in [2.45, 2.75) is 77.5 Å². The lowest BCUT2D eigenvalue weighted by atomic mass is 10.0. The maximum absolute atomic E-state index is 13.8. The number of rotatable bonds is 9. The molecule has 0 saturated carbocycles. The van der Waals surface area contributed by atoms with Gasteiger partial charge in [0, 0.05) is 50.1 Å². The first-order chi connectivity index (χ1) is 19.5.